The molecule has 3 rings (SSSR count). The van der Waals surface area contributed by atoms with Gasteiger partial charge in [0.05, 0.1) is 23.5 Å². The molecule has 0 bridgehead atoms. The molecule has 0 spiro atoms. The van der Waals surface area contributed by atoms with E-state index in [4.69, 9.17) is 0 Å². The summed E-state index contributed by atoms with van der Waals surface area (Å²) in [7, 11) is 0. The standard InChI is InChI=1S/C19H24F3N5/c1-4-23-18(25-15-6-7-15)24-11-14-5-8-16(10-17(14)19(20,21)22)27-13(3)9-12(2)26-27/h5,8-10,15H,4,6-7,11H2,1-3H3,(H2,23,24,25). The van der Waals surface area contributed by atoms with Gasteiger partial charge < -0.3 is 10.6 Å². The van der Waals surface area contributed by atoms with Crippen molar-refractivity contribution in [1.29, 1.82) is 0 Å². The number of rotatable bonds is 5. The second-order valence-electron chi connectivity index (χ2n) is 6.79. The van der Waals surface area contributed by atoms with Gasteiger partial charge in [0.25, 0.3) is 0 Å². The zero-order valence-corrected chi connectivity index (χ0v) is 15.7. The molecule has 1 aromatic carbocycles. The van der Waals surface area contributed by atoms with Crippen molar-refractivity contribution in [3.8, 4) is 5.69 Å². The third kappa shape index (κ3) is 4.81. The molecule has 8 heteroatoms. The lowest BCUT2D eigenvalue weighted by atomic mass is 10.1. The molecule has 0 unspecified atom stereocenters. The third-order valence-corrected chi connectivity index (χ3v) is 4.32. The average Bonchev–Trinajstić information content (AvgIpc) is 3.34. The van der Waals surface area contributed by atoms with E-state index in [1.807, 2.05) is 26.8 Å². The molecule has 0 radical (unpaired) electrons. The quantitative estimate of drug-likeness (QED) is 0.615. The smallest absolute Gasteiger partial charge is 0.357 e. The van der Waals surface area contributed by atoms with Crippen LogP contribution in [0, 0.1) is 13.8 Å². The molecule has 1 heterocycles. The van der Waals surface area contributed by atoms with Gasteiger partial charge in [-0.3, -0.25) is 0 Å². The number of aromatic nitrogens is 2. The van der Waals surface area contributed by atoms with Gasteiger partial charge in [-0.05, 0) is 57.4 Å². The summed E-state index contributed by atoms with van der Waals surface area (Å²) in [5.74, 6) is 0.552. The Morgan fingerprint density at radius 1 is 1.26 bits per heavy atom. The Kier molecular flexibility index (Phi) is 5.43. The average molecular weight is 379 g/mol. The van der Waals surface area contributed by atoms with E-state index in [0.29, 0.717) is 24.2 Å². The molecule has 5 nitrogen and oxygen atoms in total. The van der Waals surface area contributed by atoms with Gasteiger partial charge in [-0.2, -0.15) is 18.3 Å². The fourth-order valence-corrected chi connectivity index (χ4v) is 2.89. The van der Waals surface area contributed by atoms with E-state index in [-0.39, 0.29) is 12.1 Å². The van der Waals surface area contributed by atoms with E-state index in [1.54, 1.807) is 6.07 Å². The van der Waals surface area contributed by atoms with Gasteiger partial charge >= 0.3 is 6.18 Å². The predicted octanol–water partition coefficient (Wildman–Crippen LogP) is 3.73. The predicted molar refractivity (Wildman–Crippen MR) is 99.0 cm³/mol. The lowest BCUT2D eigenvalue weighted by molar-refractivity contribution is -0.138. The van der Waals surface area contributed by atoms with Gasteiger partial charge in [-0.25, -0.2) is 9.67 Å². The number of alkyl halides is 3. The fourth-order valence-electron chi connectivity index (χ4n) is 2.89. The van der Waals surface area contributed by atoms with E-state index in [2.05, 4.69) is 20.7 Å². The molecule has 1 saturated carbocycles. The first-order chi connectivity index (χ1) is 12.8. The third-order valence-electron chi connectivity index (χ3n) is 4.32. The number of halogens is 3. The van der Waals surface area contributed by atoms with Gasteiger partial charge in [-0.15, -0.1) is 0 Å². The second-order valence-corrected chi connectivity index (χ2v) is 6.79. The van der Waals surface area contributed by atoms with Crippen molar-refractivity contribution in [3.05, 3.63) is 46.8 Å². The molecule has 0 amide bonds. The first-order valence-electron chi connectivity index (χ1n) is 9.06. The largest absolute Gasteiger partial charge is 0.416 e. The molecule has 2 aromatic rings. The van der Waals surface area contributed by atoms with Gasteiger partial charge in [0.15, 0.2) is 5.96 Å². The van der Waals surface area contributed by atoms with Crippen LogP contribution in [0.3, 0.4) is 0 Å². The molecule has 2 N–H and O–H groups in total. The van der Waals surface area contributed by atoms with Crippen LogP contribution in [0.1, 0.15) is 42.3 Å². The van der Waals surface area contributed by atoms with E-state index < -0.39 is 11.7 Å². The van der Waals surface area contributed by atoms with E-state index in [0.717, 1.165) is 30.3 Å². The number of aliphatic imine (C=N–C) groups is 1. The topological polar surface area (TPSA) is 54.2 Å². The van der Waals surface area contributed by atoms with Gasteiger partial charge in [0.2, 0.25) is 0 Å². The van der Waals surface area contributed by atoms with Crippen LogP contribution in [0.4, 0.5) is 13.2 Å². The van der Waals surface area contributed by atoms with Crippen molar-refractivity contribution >= 4 is 5.96 Å². The number of guanidine groups is 1. The minimum absolute atomic E-state index is 0.0473. The van der Waals surface area contributed by atoms with E-state index in [9.17, 15) is 13.2 Å². The minimum Gasteiger partial charge on any atom is -0.357 e. The van der Waals surface area contributed by atoms with Crippen LogP contribution in [0.2, 0.25) is 0 Å². The maximum Gasteiger partial charge on any atom is 0.416 e. The van der Waals surface area contributed by atoms with Crippen molar-refractivity contribution in [2.45, 2.75) is 52.4 Å². The zero-order valence-electron chi connectivity index (χ0n) is 15.7. The van der Waals surface area contributed by atoms with Crippen molar-refractivity contribution in [2.24, 2.45) is 4.99 Å². The van der Waals surface area contributed by atoms with Crippen LogP contribution in [0.5, 0.6) is 0 Å². The molecular formula is C19H24F3N5. The normalized spacial score (nSPS) is 15.1. The van der Waals surface area contributed by atoms with Crippen molar-refractivity contribution in [1.82, 2.24) is 20.4 Å². The first kappa shape index (κ1) is 19.3. The summed E-state index contributed by atoms with van der Waals surface area (Å²) in [6, 6.07) is 6.49. The lowest BCUT2D eigenvalue weighted by Crippen LogP contribution is -2.38. The molecule has 1 aromatic heterocycles. The van der Waals surface area contributed by atoms with Crippen LogP contribution in [0.15, 0.2) is 29.3 Å². The Morgan fingerprint density at radius 3 is 2.56 bits per heavy atom. The Balaban J connectivity index is 1.91. The molecule has 1 aliphatic carbocycles. The summed E-state index contributed by atoms with van der Waals surface area (Å²) in [4.78, 5) is 4.33. The summed E-state index contributed by atoms with van der Waals surface area (Å²) in [6.45, 7) is 6.16. The zero-order chi connectivity index (χ0) is 19.6. The molecule has 0 atom stereocenters. The summed E-state index contributed by atoms with van der Waals surface area (Å²) >= 11 is 0. The Hall–Kier alpha value is -2.51. The number of hydrogen-bond donors (Lipinski definition) is 2. The summed E-state index contributed by atoms with van der Waals surface area (Å²) in [5.41, 5.74) is 1.40. The van der Waals surface area contributed by atoms with Crippen LogP contribution in [-0.2, 0) is 12.7 Å². The Bertz CT molecular complexity index is 834. The minimum atomic E-state index is -4.46. The number of hydrogen-bond acceptors (Lipinski definition) is 2. The van der Waals surface area contributed by atoms with Crippen LogP contribution in [0.25, 0.3) is 5.69 Å². The van der Waals surface area contributed by atoms with Gasteiger partial charge in [0.1, 0.15) is 0 Å². The van der Waals surface area contributed by atoms with Crippen LogP contribution in [-0.4, -0.2) is 28.3 Å². The van der Waals surface area contributed by atoms with Gasteiger partial charge in [0, 0.05) is 18.3 Å². The summed E-state index contributed by atoms with van der Waals surface area (Å²) < 4.78 is 42.4. The number of nitrogens with zero attached hydrogens (tertiary/aromatic N) is 3. The highest BCUT2D eigenvalue weighted by molar-refractivity contribution is 5.80. The van der Waals surface area contributed by atoms with E-state index in [1.165, 1.54) is 10.7 Å². The first-order valence-corrected chi connectivity index (χ1v) is 9.06. The highest BCUT2D eigenvalue weighted by Gasteiger charge is 2.34. The summed E-state index contributed by atoms with van der Waals surface area (Å²) in [5, 5.41) is 10.6. The maximum atomic E-state index is 13.6. The van der Waals surface area contributed by atoms with Crippen molar-refractivity contribution in [2.75, 3.05) is 6.54 Å². The lowest BCUT2D eigenvalue weighted by Gasteiger charge is -2.15. The number of benzene rings is 1. The highest BCUT2D eigenvalue weighted by Crippen LogP contribution is 2.34. The molecule has 27 heavy (non-hydrogen) atoms. The molecule has 0 saturated heterocycles. The van der Waals surface area contributed by atoms with Crippen LogP contribution >= 0.6 is 0 Å². The van der Waals surface area contributed by atoms with Crippen molar-refractivity contribution in [3.63, 3.8) is 0 Å². The number of nitrogens with one attached hydrogen (secondary N) is 2. The summed E-state index contributed by atoms with van der Waals surface area (Å²) in [6.07, 6.45) is -2.33. The second kappa shape index (κ2) is 7.62. The Labute approximate surface area is 156 Å². The van der Waals surface area contributed by atoms with E-state index >= 15 is 0 Å². The monoisotopic (exact) mass is 379 g/mol. The van der Waals surface area contributed by atoms with Gasteiger partial charge in [-0.1, -0.05) is 6.07 Å². The van der Waals surface area contributed by atoms with Crippen molar-refractivity contribution < 1.29 is 13.2 Å². The number of aryl methyl sites for hydroxylation is 2. The Morgan fingerprint density at radius 2 is 2.00 bits per heavy atom. The molecule has 1 fully saturated rings. The molecular weight excluding hydrogens is 355 g/mol. The maximum absolute atomic E-state index is 13.6. The highest BCUT2D eigenvalue weighted by atomic mass is 19.4. The van der Waals surface area contributed by atoms with Crippen LogP contribution < -0.4 is 10.6 Å². The fraction of sp³-hybridized carbons (Fsp3) is 0.474. The molecule has 0 aliphatic heterocycles. The SMILES string of the molecule is CCNC(=NCc1ccc(-n2nc(C)cc2C)cc1C(F)(F)F)NC1CC1. The molecule has 1 aliphatic rings. The molecule has 146 valence electrons.